The first-order valence-corrected chi connectivity index (χ1v) is 7.21. The molecule has 2 aromatic rings. The van der Waals surface area contributed by atoms with Crippen LogP contribution >= 0.6 is 11.3 Å². The first kappa shape index (κ1) is 15.1. The summed E-state index contributed by atoms with van der Waals surface area (Å²) in [7, 11) is 1.55. The molecular weight excluding hydrogens is 288 g/mol. The molecule has 1 N–H and O–H groups in total. The van der Waals surface area contributed by atoms with Crippen molar-refractivity contribution in [2.75, 3.05) is 13.7 Å². The molecule has 6 heteroatoms. The Morgan fingerprint density at radius 3 is 2.67 bits per heavy atom. The Balaban J connectivity index is 1.86. The first-order chi connectivity index (χ1) is 10.2. The van der Waals surface area contributed by atoms with E-state index in [9.17, 15) is 4.79 Å². The van der Waals surface area contributed by atoms with E-state index in [-0.39, 0.29) is 12.5 Å². The smallest absolute Gasteiger partial charge is 0.277 e. The van der Waals surface area contributed by atoms with Gasteiger partial charge in [0.05, 0.1) is 12.8 Å². The van der Waals surface area contributed by atoms with Crippen LogP contribution in [0.4, 0.5) is 0 Å². The molecule has 1 aromatic carbocycles. The number of para-hydroxylation sites is 2. The monoisotopic (exact) mass is 304 g/mol. The number of hydrazone groups is 1. The van der Waals surface area contributed by atoms with Crippen molar-refractivity contribution >= 4 is 23.0 Å². The maximum absolute atomic E-state index is 11.7. The van der Waals surface area contributed by atoms with Crippen molar-refractivity contribution in [2.24, 2.45) is 5.10 Å². The molecule has 0 radical (unpaired) electrons. The van der Waals surface area contributed by atoms with Gasteiger partial charge in [-0.1, -0.05) is 18.2 Å². The number of amides is 1. The normalized spacial score (nSPS) is 11.0. The van der Waals surface area contributed by atoms with E-state index in [1.807, 2.05) is 36.6 Å². The van der Waals surface area contributed by atoms with Crippen LogP contribution in [-0.2, 0) is 4.79 Å². The second kappa shape index (κ2) is 7.44. The van der Waals surface area contributed by atoms with Crippen LogP contribution in [0.1, 0.15) is 11.8 Å². The molecule has 0 unspecified atom stereocenters. The molecule has 0 aliphatic carbocycles. The van der Waals surface area contributed by atoms with Crippen LogP contribution in [0.25, 0.3) is 0 Å². The number of carbonyl (C=O) groups is 1. The maximum atomic E-state index is 11.7. The van der Waals surface area contributed by atoms with Gasteiger partial charge in [0.15, 0.2) is 18.1 Å². The molecule has 1 aromatic heterocycles. The summed E-state index contributed by atoms with van der Waals surface area (Å²) in [6.45, 7) is 1.72. The van der Waals surface area contributed by atoms with Gasteiger partial charge in [0.1, 0.15) is 0 Å². The quantitative estimate of drug-likeness (QED) is 0.659. The minimum Gasteiger partial charge on any atom is -0.493 e. The zero-order valence-corrected chi connectivity index (χ0v) is 12.6. The Hall–Kier alpha value is -2.34. The second-order valence-corrected chi connectivity index (χ2v) is 5.10. The number of methoxy groups -OCH3 is 1. The topological polar surface area (TPSA) is 59.9 Å². The van der Waals surface area contributed by atoms with E-state index in [4.69, 9.17) is 9.47 Å². The third-order valence-electron chi connectivity index (χ3n) is 2.65. The van der Waals surface area contributed by atoms with Gasteiger partial charge in [-0.15, -0.1) is 11.3 Å². The fourth-order valence-corrected chi connectivity index (χ4v) is 2.28. The third kappa shape index (κ3) is 4.32. The number of ether oxygens (including phenoxy) is 2. The van der Waals surface area contributed by atoms with Crippen molar-refractivity contribution in [1.82, 2.24) is 5.43 Å². The number of hydrogen-bond donors (Lipinski definition) is 1. The van der Waals surface area contributed by atoms with Crippen LogP contribution in [0.2, 0.25) is 0 Å². The Kier molecular flexibility index (Phi) is 5.34. The minimum absolute atomic E-state index is 0.123. The van der Waals surface area contributed by atoms with Crippen molar-refractivity contribution in [3.05, 3.63) is 46.7 Å². The average Bonchev–Trinajstić information content (AvgIpc) is 3.05. The van der Waals surface area contributed by atoms with Gasteiger partial charge in [0, 0.05) is 4.88 Å². The summed E-state index contributed by atoms with van der Waals surface area (Å²) in [5.74, 6) is 0.787. The highest BCUT2D eigenvalue weighted by molar-refractivity contribution is 7.12. The summed E-state index contributed by atoms with van der Waals surface area (Å²) in [6.07, 6.45) is 0. The van der Waals surface area contributed by atoms with Crippen molar-refractivity contribution in [3.63, 3.8) is 0 Å². The highest BCUT2D eigenvalue weighted by Crippen LogP contribution is 2.25. The van der Waals surface area contributed by atoms with Gasteiger partial charge >= 0.3 is 0 Å². The largest absolute Gasteiger partial charge is 0.493 e. The third-order valence-corrected chi connectivity index (χ3v) is 3.63. The number of hydrogen-bond acceptors (Lipinski definition) is 5. The van der Waals surface area contributed by atoms with Crippen LogP contribution in [0, 0.1) is 0 Å². The van der Waals surface area contributed by atoms with Crippen molar-refractivity contribution in [3.8, 4) is 11.5 Å². The van der Waals surface area contributed by atoms with Crippen LogP contribution < -0.4 is 14.9 Å². The molecule has 0 atom stereocenters. The van der Waals surface area contributed by atoms with E-state index in [1.54, 1.807) is 30.6 Å². The van der Waals surface area contributed by atoms with Gasteiger partial charge in [0.25, 0.3) is 5.91 Å². The Labute approximate surface area is 127 Å². The molecule has 1 heterocycles. The number of thiophene rings is 1. The Morgan fingerprint density at radius 2 is 2.00 bits per heavy atom. The van der Waals surface area contributed by atoms with Crippen LogP contribution in [0.15, 0.2) is 46.9 Å². The van der Waals surface area contributed by atoms with Crippen LogP contribution in [0.5, 0.6) is 11.5 Å². The Bertz CT molecular complexity index is 624. The first-order valence-electron chi connectivity index (χ1n) is 6.33. The fourth-order valence-electron chi connectivity index (χ4n) is 1.60. The molecule has 21 heavy (non-hydrogen) atoms. The molecule has 0 bridgehead atoms. The van der Waals surface area contributed by atoms with E-state index >= 15 is 0 Å². The molecule has 2 rings (SSSR count). The van der Waals surface area contributed by atoms with Gasteiger partial charge in [-0.05, 0) is 30.5 Å². The molecule has 110 valence electrons. The summed E-state index contributed by atoms with van der Waals surface area (Å²) >= 11 is 1.57. The lowest BCUT2D eigenvalue weighted by Crippen LogP contribution is -2.25. The molecule has 1 amide bonds. The maximum Gasteiger partial charge on any atom is 0.277 e. The zero-order valence-electron chi connectivity index (χ0n) is 11.8. The van der Waals surface area contributed by atoms with Crippen molar-refractivity contribution in [2.45, 2.75) is 6.92 Å². The molecule has 0 saturated carbocycles. The van der Waals surface area contributed by atoms with Gasteiger partial charge in [-0.2, -0.15) is 5.10 Å². The molecule has 0 aliphatic rings. The summed E-state index contributed by atoms with van der Waals surface area (Å²) in [5, 5.41) is 6.00. The molecule has 0 aliphatic heterocycles. The summed E-state index contributed by atoms with van der Waals surface area (Å²) < 4.78 is 10.6. The molecule has 5 nitrogen and oxygen atoms in total. The molecule has 0 spiro atoms. The van der Waals surface area contributed by atoms with Crippen molar-refractivity contribution in [1.29, 1.82) is 0 Å². The van der Waals surface area contributed by atoms with E-state index in [0.717, 1.165) is 10.6 Å². The van der Waals surface area contributed by atoms with Gasteiger partial charge in [0.2, 0.25) is 0 Å². The minimum atomic E-state index is -0.322. The molecule has 0 saturated heterocycles. The van der Waals surface area contributed by atoms with Crippen LogP contribution in [-0.4, -0.2) is 25.3 Å². The second-order valence-electron chi connectivity index (χ2n) is 4.15. The highest BCUT2D eigenvalue weighted by Gasteiger charge is 2.06. The van der Waals surface area contributed by atoms with Crippen LogP contribution in [0.3, 0.4) is 0 Å². The number of nitrogens with one attached hydrogen (secondary N) is 1. The average molecular weight is 304 g/mol. The number of rotatable bonds is 6. The predicted octanol–water partition coefficient (Wildman–Crippen LogP) is 2.68. The lowest BCUT2D eigenvalue weighted by Gasteiger charge is -2.09. The number of nitrogens with zero attached hydrogens (tertiary/aromatic N) is 1. The van der Waals surface area contributed by atoms with E-state index in [0.29, 0.717) is 11.5 Å². The summed E-state index contributed by atoms with van der Waals surface area (Å²) in [4.78, 5) is 12.7. The number of benzene rings is 1. The standard InChI is InChI=1S/C15H16N2O3S/c1-11(14-8-5-9-21-14)16-17-15(18)10-20-13-7-4-3-6-12(13)19-2/h3-9H,10H2,1-2H3,(H,17,18)/b16-11+. The highest BCUT2D eigenvalue weighted by atomic mass is 32.1. The fraction of sp³-hybridized carbons (Fsp3) is 0.200. The molecule has 0 fully saturated rings. The van der Waals surface area contributed by atoms with E-state index < -0.39 is 0 Å². The van der Waals surface area contributed by atoms with Gasteiger partial charge in [-0.3, -0.25) is 4.79 Å². The van der Waals surface area contributed by atoms with Crippen molar-refractivity contribution < 1.29 is 14.3 Å². The van der Waals surface area contributed by atoms with Gasteiger partial charge in [-0.25, -0.2) is 5.43 Å². The molecular formula is C15H16N2O3S. The summed E-state index contributed by atoms with van der Waals surface area (Å²) in [5.41, 5.74) is 3.23. The lowest BCUT2D eigenvalue weighted by molar-refractivity contribution is -0.123. The lowest BCUT2D eigenvalue weighted by atomic mass is 10.3. The van der Waals surface area contributed by atoms with E-state index in [2.05, 4.69) is 10.5 Å². The van der Waals surface area contributed by atoms with E-state index in [1.165, 1.54) is 0 Å². The predicted molar refractivity (Wildman–Crippen MR) is 83.2 cm³/mol. The zero-order chi connectivity index (χ0) is 15.1. The van der Waals surface area contributed by atoms with Gasteiger partial charge < -0.3 is 9.47 Å². The SMILES string of the molecule is COc1ccccc1OCC(=O)N/N=C(\C)c1cccs1. The summed E-state index contributed by atoms with van der Waals surface area (Å²) in [6, 6.07) is 11.0. The number of carbonyl (C=O) groups excluding carboxylic acids is 1. The Morgan fingerprint density at radius 1 is 1.24 bits per heavy atom.